The number of carbonyl (C=O) groups is 1. The van der Waals surface area contributed by atoms with E-state index < -0.39 is 32.8 Å². The zero-order valence-corrected chi connectivity index (χ0v) is 19.1. The van der Waals surface area contributed by atoms with E-state index in [4.69, 9.17) is 14.2 Å². The largest absolute Gasteiger partial charge is 0.504 e. The second-order valence-corrected chi connectivity index (χ2v) is 8.87. The van der Waals surface area contributed by atoms with Crippen LogP contribution in [0.15, 0.2) is 69.2 Å². The Morgan fingerprint density at radius 3 is 2.71 bits per heavy atom. The first kappa shape index (κ1) is 24.6. The number of phenols is 1. The number of esters is 1. The van der Waals surface area contributed by atoms with E-state index in [0.29, 0.717) is 5.56 Å². The van der Waals surface area contributed by atoms with Crippen LogP contribution in [-0.4, -0.2) is 44.5 Å². The summed E-state index contributed by atoms with van der Waals surface area (Å²) in [6, 6.07) is 11.9. The Hall–Kier alpha value is -4.06. The Balaban J connectivity index is 1.56. The first-order valence-electron chi connectivity index (χ1n) is 10.0. The molecule has 0 bridgehead atoms. The lowest BCUT2D eigenvalue weighted by molar-refractivity contribution is -0.832. The van der Waals surface area contributed by atoms with Crippen molar-refractivity contribution in [3.63, 3.8) is 0 Å². The molecule has 12 heteroatoms. The highest BCUT2D eigenvalue weighted by Gasteiger charge is 2.35. The van der Waals surface area contributed by atoms with Gasteiger partial charge in [-0.2, -0.15) is 0 Å². The molecule has 1 unspecified atom stereocenters. The van der Waals surface area contributed by atoms with Crippen LogP contribution < -0.4 is 14.4 Å². The van der Waals surface area contributed by atoms with Crippen LogP contribution in [0.2, 0.25) is 0 Å². The van der Waals surface area contributed by atoms with Gasteiger partial charge in [0.2, 0.25) is 0 Å². The van der Waals surface area contributed by atoms with Gasteiger partial charge in [-0.05, 0) is 47.7 Å². The number of nitrogens with zero attached hydrogens (tertiary/aromatic N) is 2. The van der Waals surface area contributed by atoms with Crippen molar-refractivity contribution in [3.8, 4) is 17.4 Å². The smallest absolute Gasteiger partial charge is 0.414 e. The molecule has 1 N–H and O–H groups in total. The van der Waals surface area contributed by atoms with Crippen LogP contribution in [0.5, 0.6) is 17.4 Å². The lowest BCUT2D eigenvalue weighted by Crippen LogP contribution is -2.31. The molecule has 1 heterocycles. The summed E-state index contributed by atoms with van der Waals surface area (Å²) in [6.45, 7) is 1.52. The highest BCUT2D eigenvalue weighted by Crippen LogP contribution is 2.27. The molecule has 3 aromatic rings. The van der Waals surface area contributed by atoms with Gasteiger partial charge < -0.3 is 24.5 Å². The number of rotatable bonds is 10. The molecular weight excluding hydrogens is 468 g/mol. The summed E-state index contributed by atoms with van der Waals surface area (Å²) >= 11 is 0. The molecule has 0 aliphatic heterocycles. The molecule has 0 radical (unpaired) electrons. The van der Waals surface area contributed by atoms with Crippen molar-refractivity contribution < 1.29 is 42.1 Å². The van der Waals surface area contributed by atoms with Gasteiger partial charge >= 0.3 is 16.9 Å². The summed E-state index contributed by atoms with van der Waals surface area (Å²) in [6.07, 6.45) is 2.30. The molecule has 0 fully saturated rings. The topological polar surface area (TPSA) is 152 Å². The number of carbonyl (C=O) groups excluding carboxylic acids is 1. The number of aromatic hydroxyl groups is 1. The maximum Gasteiger partial charge on any atom is 0.414 e. The summed E-state index contributed by atoms with van der Waals surface area (Å²) < 4.78 is 45.5. The fraction of sp³-hybridized carbons (Fsp3) is 0.227. The lowest BCUT2D eigenvalue weighted by atomic mass is 10.2. The Kier molecular flexibility index (Phi) is 7.74. The second-order valence-electron chi connectivity index (χ2n) is 7.01. The van der Waals surface area contributed by atoms with Gasteiger partial charge in [-0.15, -0.1) is 0 Å². The molecule has 2 aromatic carbocycles. The molecular formula is C22H22N2O9S. The number of hydrogen-bond donors (Lipinski definition) is 1. The zero-order chi connectivity index (χ0) is 24.7. The minimum Gasteiger partial charge on any atom is -0.504 e. The number of benzene rings is 2. The number of hydrogen-bond acceptors (Lipinski definition) is 10. The minimum absolute atomic E-state index is 0.0230. The number of phenolic OH excluding ortho intramolecular Hbond substituents is 1. The Morgan fingerprint density at radius 2 is 2.00 bits per heavy atom. The van der Waals surface area contributed by atoms with E-state index >= 15 is 0 Å². The maximum absolute atomic E-state index is 12.7. The first-order chi connectivity index (χ1) is 16.2. The van der Waals surface area contributed by atoms with Crippen molar-refractivity contribution in [1.82, 2.24) is 5.16 Å². The second kappa shape index (κ2) is 10.7. The summed E-state index contributed by atoms with van der Waals surface area (Å²) in [5, 5.41) is 24.1. The van der Waals surface area contributed by atoms with E-state index in [2.05, 4.69) is 9.79 Å². The standard InChI is InChI=1S/C22H22N2O9S/c1-15(32-20(26)11-9-16-8-10-18(25)19(14-16)30-2)12-13-31-21-22(24(27)33-23-21)34(28,29)17-6-4-3-5-7-17/h3-11,14-15,25H,12-13H2,1-2H3/b11-9+. The van der Waals surface area contributed by atoms with Crippen molar-refractivity contribution in [2.75, 3.05) is 13.7 Å². The molecule has 180 valence electrons. The van der Waals surface area contributed by atoms with Crippen LogP contribution in [0.1, 0.15) is 18.9 Å². The molecule has 0 amide bonds. The quantitative estimate of drug-likeness (QED) is 0.254. The van der Waals surface area contributed by atoms with Gasteiger partial charge in [0.25, 0.3) is 9.84 Å². The fourth-order valence-corrected chi connectivity index (χ4v) is 4.12. The molecule has 0 aliphatic rings. The molecule has 0 saturated carbocycles. The van der Waals surface area contributed by atoms with E-state index in [1.54, 1.807) is 25.1 Å². The highest BCUT2D eigenvalue weighted by molar-refractivity contribution is 7.91. The monoisotopic (exact) mass is 490 g/mol. The van der Waals surface area contributed by atoms with Crippen LogP contribution in [0.25, 0.3) is 6.08 Å². The molecule has 0 spiro atoms. The van der Waals surface area contributed by atoms with Gasteiger partial charge in [0.15, 0.2) is 11.5 Å². The van der Waals surface area contributed by atoms with E-state index in [0.717, 1.165) is 0 Å². The number of sulfone groups is 1. The van der Waals surface area contributed by atoms with E-state index in [1.807, 2.05) is 0 Å². The van der Waals surface area contributed by atoms with Gasteiger partial charge in [0, 0.05) is 12.5 Å². The summed E-state index contributed by atoms with van der Waals surface area (Å²) in [4.78, 5) is 11.7. The van der Waals surface area contributed by atoms with E-state index in [1.165, 1.54) is 49.6 Å². The Bertz CT molecular complexity index is 1270. The molecule has 0 aliphatic carbocycles. The average Bonchev–Trinajstić information content (AvgIpc) is 3.20. The lowest BCUT2D eigenvalue weighted by Gasteiger charge is -2.11. The first-order valence-corrected chi connectivity index (χ1v) is 11.5. The molecule has 11 nitrogen and oxygen atoms in total. The number of aromatic nitrogens is 2. The number of ether oxygens (including phenoxy) is 3. The zero-order valence-electron chi connectivity index (χ0n) is 18.3. The third-order valence-electron chi connectivity index (χ3n) is 4.55. The van der Waals surface area contributed by atoms with Gasteiger partial charge in [0.05, 0.1) is 23.8 Å². The molecule has 34 heavy (non-hydrogen) atoms. The average molecular weight is 490 g/mol. The van der Waals surface area contributed by atoms with Crippen molar-refractivity contribution in [1.29, 1.82) is 0 Å². The van der Waals surface area contributed by atoms with Crippen LogP contribution in [0, 0.1) is 5.21 Å². The van der Waals surface area contributed by atoms with Crippen LogP contribution in [0.4, 0.5) is 0 Å². The SMILES string of the molecule is COc1cc(/C=C/C(=O)OC(C)CCOc2no[n+]([O-])c2S(=O)(=O)c2ccccc2)ccc1O. The Labute approximate surface area is 195 Å². The van der Waals surface area contributed by atoms with Gasteiger partial charge in [0.1, 0.15) is 6.10 Å². The van der Waals surface area contributed by atoms with Crippen molar-refractivity contribution in [2.24, 2.45) is 0 Å². The van der Waals surface area contributed by atoms with Crippen molar-refractivity contribution in [2.45, 2.75) is 29.4 Å². The molecule has 1 atom stereocenters. The van der Waals surface area contributed by atoms with Crippen LogP contribution >= 0.6 is 0 Å². The van der Waals surface area contributed by atoms with Gasteiger partial charge in [-0.3, -0.25) is 4.63 Å². The molecule has 0 saturated heterocycles. The van der Waals surface area contributed by atoms with Crippen LogP contribution in [0.3, 0.4) is 0 Å². The fourth-order valence-electron chi connectivity index (χ4n) is 2.82. The Morgan fingerprint density at radius 1 is 1.26 bits per heavy atom. The number of methoxy groups -OCH3 is 1. The van der Waals surface area contributed by atoms with Crippen molar-refractivity contribution >= 4 is 21.9 Å². The molecule has 3 rings (SSSR count). The van der Waals surface area contributed by atoms with Crippen LogP contribution in [-0.2, 0) is 19.4 Å². The van der Waals surface area contributed by atoms with E-state index in [-0.39, 0.29) is 34.3 Å². The van der Waals surface area contributed by atoms with E-state index in [9.17, 15) is 23.5 Å². The normalized spacial score (nSPS) is 12.4. The highest BCUT2D eigenvalue weighted by atomic mass is 32.2. The third-order valence-corrected chi connectivity index (χ3v) is 6.28. The molecule has 1 aromatic heterocycles. The summed E-state index contributed by atoms with van der Waals surface area (Å²) in [5.41, 5.74) is 0.617. The van der Waals surface area contributed by atoms with Gasteiger partial charge in [-0.1, -0.05) is 24.3 Å². The third kappa shape index (κ3) is 5.84. The minimum atomic E-state index is -4.22. The summed E-state index contributed by atoms with van der Waals surface area (Å²) in [5.74, 6) is -0.864. The predicted octanol–water partition coefficient (Wildman–Crippen LogP) is 2.27. The maximum atomic E-state index is 12.7. The summed E-state index contributed by atoms with van der Waals surface area (Å²) in [7, 11) is -2.81. The predicted molar refractivity (Wildman–Crippen MR) is 117 cm³/mol. The van der Waals surface area contributed by atoms with Gasteiger partial charge in [-0.25, -0.2) is 13.2 Å². The van der Waals surface area contributed by atoms with Crippen molar-refractivity contribution in [3.05, 3.63) is 65.4 Å².